The summed E-state index contributed by atoms with van der Waals surface area (Å²) in [5, 5.41) is 0. The van der Waals surface area contributed by atoms with Gasteiger partial charge in [0.15, 0.2) is 0 Å². The number of pyridine rings is 1. The molecule has 2 N–H and O–H groups in total. The number of anilines is 2. The number of piperazine rings is 1. The first-order chi connectivity index (χ1) is 9.35. The number of carbonyl (C=O) groups is 1. The molecule has 1 aliphatic rings. The quantitative estimate of drug-likeness (QED) is 0.839. The van der Waals surface area contributed by atoms with Gasteiger partial charge >= 0.3 is 6.09 Å². The van der Waals surface area contributed by atoms with Crippen LogP contribution >= 0.6 is 0 Å². The van der Waals surface area contributed by atoms with Crippen molar-refractivity contribution in [2.24, 2.45) is 0 Å². The molecule has 1 aromatic heterocycles. The highest BCUT2D eigenvalue weighted by Gasteiger charge is 2.25. The maximum Gasteiger partial charge on any atom is 0.410 e. The second-order valence-corrected chi connectivity index (χ2v) is 5.90. The molecule has 1 saturated heterocycles. The Balaban J connectivity index is 0.00000220. The summed E-state index contributed by atoms with van der Waals surface area (Å²) in [5.74, 6) is 0.515. The number of nitrogen functional groups attached to an aromatic ring is 1. The SMILES string of the molecule is CC(C)(C)OC(=O)N1CCN(c2ccc(N)nc2)CC1.[N]. The molecule has 0 aromatic carbocycles. The minimum Gasteiger partial charge on any atom is -0.444 e. The van der Waals surface area contributed by atoms with Gasteiger partial charge in [-0.3, -0.25) is 0 Å². The van der Waals surface area contributed by atoms with E-state index in [1.807, 2.05) is 26.8 Å². The highest BCUT2D eigenvalue weighted by Crippen LogP contribution is 2.17. The van der Waals surface area contributed by atoms with Gasteiger partial charge in [0.25, 0.3) is 0 Å². The number of ether oxygens (including phenoxy) is 1. The fraction of sp³-hybridized carbons (Fsp3) is 0.571. The molecule has 0 unspecified atom stereocenters. The minimum atomic E-state index is -0.449. The summed E-state index contributed by atoms with van der Waals surface area (Å²) in [6, 6.07) is 3.74. The lowest BCUT2D eigenvalue weighted by atomic mass is 10.2. The average Bonchev–Trinajstić information content (AvgIpc) is 2.38. The highest BCUT2D eigenvalue weighted by atomic mass is 16.6. The molecule has 1 fully saturated rings. The molecule has 0 atom stereocenters. The Bertz CT molecular complexity index is 461. The fourth-order valence-electron chi connectivity index (χ4n) is 2.06. The Morgan fingerprint density at radius 3 is 2.33 bits per heavy atom. The van der Waals surface area contributed by atoms with Gasteiger partial charge in [-0.2, -0.15) is 0 Å². The predicted molar refractivity (Wildman–Crippen MR) is 80.8 cm³/mol. The third-order valence-electron chi connectivity index (χ3n) is 3.07. The van der Waals surface area contributed by atoms with Crippen molar-refractivity contribution < 1.29 is 9.53 Å². The Kier molecular flexibility index (Phi) is 5.37. The largest absolute Gasteiger partial charge is 0.444 e. The Morgan fingerprint density at radius 2 is 1.86 bits per heavy atom. The number of nitrogens with zero attached hydrogens (tertiary/aromatic N) is 4. The first-order valence-electron chi connectivity index (χ1n) is 6.79. The van der Waals surface area contributed by atoms with E-state index in [1.54, 1.807) is 17.2 Å². The van der Waals surface area contributed by atoms with Crippen LogP contribution in [0, 0.1) is 0 Å². The van der Waals surface area contributed by atoms with Crippen molar-refractivity contribution in [2.75, 3.05) is 36.8 Å². The lowest BCUT2D eigenvalue weighted by Gasteiger charge is -2.36. The second-order valence-electron chi connectivity index (χ2n) is 5.90. The predicted octanol–water partition coefficient (Wildman–Crippen LogP) is 1.24. The van der Waals surface area contributed by atoms with Gasteiger partial charge in [-0.1, -0.05) is 0 Å². The van der Waals surface area contributed by atoms with E-state index in [0.29, 0.717) is 18.9 Å². The van der Waals surface area contributed by atoms with Crippen molar-refractivity contribution >= 4 is 17.6 Å². The zero-order valence-corrected chi connectivity index (χ0v) is 12.7. The lowest BCUT2D eigenvalue weighted by molar-refractivity contribution is 0.0240. The molecule has 3 radical (unpaired) electrons. The van der Waals surface area contributed by atoms with Crippen molar-refractivity contribution in [3.05, 3.63) is 18.3 Å². The van der Waals surface area contributed by atoms with Crippen LogP contribution < -0.4 is 16.8 Å². The Labute approximate surface area is 125 Å². The van der Waals surface area contributed by atoms with Gasteiger partial charge in [0.05, 0.1) is 11.9 Å². The van der Waals surface area contributed by atoms with E-state index in [9.17, 15) is 4.79 Å². The lowest BCUT2D eigenvalue weighted by Crippen LogP contribution is -2.50. The zero-order chi connectivity index (χ0) is 14.8. The first-order valence-corrected chi connectivity index (χ1v) is 6.79. The molecule has 1 aromatic rings. The fourth-order valence-corrected chi connectivity index (χ4v) is 2.06. The van der Waals surface area contributed by atoms with Gasteiger partial charge in [-0.15, -0.1) is 0 Å². The number of hydrogen-bond donors (Lipinski definition) is 1. The molecular weight excluding hydrogens is 270 g/mol. The van der Waals surface area contributed by atoms with Crippen LogP contribution in [0.15, 0.2) is 18.3 Å². The van der Waals surface area contributed by atoms with E-state index in [4.69, 9.17) is 10.5 Å². The number of rotatable bonds is 1. The third-order valence-corrected chi connectivity index (χ3v) is 3.07. The summed E-state index contributed by atoms with van der Waals surface area (Å²) >= 11 is 0. The van der Waals surface area contributed by atoms with E-state index in [-0.39, 0.29) is 12.2 Å². The van der Waals surface area contributed by atoms with E-state index >= 15 is 0 Å². The van der Waals surface area contributed by atoms with Crippen LogP contribution in [0.4, 0.5) is 16.3 Å². The topological polar surface area (TPSA) is 102 Å². The van der Waals surface area contributed by atoms with E-state index in [0.717, 1.165) is 18.8 Å². The maximum atomic E-state index is 12.0. The van der Waals surface area contributed by atoms with Crippen molar-refractivity contribution in [2.45, 2.75) is 26.4 Å². The molecular formula is C14H22N5O2. The van der Waals surface area contributed by atoms with Gasteiger partial charge in [0, 0.05) is 32.3 Å². The number of aromatic nitrogens is 1. The summed E-state index contributed by atoms with van der Waals surface area (Å²) in [7, 11) is 0. The van der Waals surface area contributed by atoms with Crippen LogP contribution in [0.5, 0.6) is 0 Å². The summed E-state index contributed by atoms with van der Waals surface area (Å²) in [5.41, 5.74) is 6.16. The molecule has 7 nitrogen and oxygen atoms in total. The molecule has 1 aliphatic heterocycles. The second kappa shape index (κ2) is 6.62. The van der Waals surface area contributed by atoms with Crippen LogP contribution in [-0.2, 0) is 4.74 Å². The molecule has 2 heterocycles. The first kappa shape index (κ1) is 17.0. The highest BCUT2D eigenvalue weighted by molar-refractivity contribution is 5.68. The molecule has 115 valence electrons. The normalized spacial score (nSPS) is 15.4. The summed E-state index contributed by atoms with van der Waals surface area (Å²) < 4.78 is 5.37. The molecule has 2 rings (SSSR count). The maximum absolute atomic E-state index is 12.0. The number of carbonyl (C=O) groups excluding carboxylic acids is 1. The Morgan fingerprint density at radius 1 is 1.24 bits per heavy atom. The van der Waals surface area contributed by atoms with Gasteiger partial charge in [0.2, 0.25) is 0 Å². The molecule has 0 saturated carbocycles. The van der Waals surface area contributed by atoms with E-state index in [1.165, 1.54) is 0 Å². The van der Waals surface area contributed by atoms with Gasteiger partial charge in [-0.25, -0.2) is 9.78 Å². The average molecular weight is 292 g/mol. The summed E-state index contributed by atoms with van der Waals surface area (Å²) in [6.45, 7) is 8.47. The molecule has 0 aliphatic carbocycles. The van der Waals surface area contributed by atoms with Crippen LogP contribution in [-0.4, -0.2) is 47.8 Å². The summed E-state index contributed by atoms with van der Waals surface area (Å²) in [4.78, 5) is 20.0. The van der Waals surface area contributed by atoms with Crippen LogP contribution in [0.1, 0.15) is 20.8 Å². The number of nitrogens with two attached hydrogens (primary N) is 1. The standard InChI is InChI=1S/C14H22N4O2.N/c1-14(2,3)20-13(19)18-8-6-17(7-9-18)11-4-5-12(15)16-10-11;/h4-5,10H,6-9H2,1-3H3,(H2,15,16);. The third kappa shape index (κ3) is 4.78. The van der Waals surface area contributed by atoms with Crippen molar-refractivity contribution in [1.82, 2.24) is 16.0 Å². The summed E-state index contributed by atoms with van der Waals surface area (Å²) in [6.07, 6.45) is 1.52. The number of amides is 1. The van der Waals surface area contributed by atoms with E-state index < -0.39 is 5.60 Å². The monoisotopic (exact) mass is 292 g/mol. The molecule has 21 heavy (non-hydrogen) atoms. The van der Waals surface area contributed by atoms with Gasteiger partial charge in [0.1, 0.15) is 11.4 Å². The zero-order valence-electron chi connectivity index (χ0n) is 12.7. The minimum absolute atomic E-state index is 0. The molecule has 0 bridgehead atoms. The molecule has 1 amide bonds. The molecule has 0 spiro atoms. The van der Waals surface area contributed by atoms with Crippen molar-refractivity contribution in [3.63, 3.8) is 0 Å². The molecule has 7 heteroatoms. The van der Waals surface area contributed by atoms with Crippen LogP contribution in [0.3, 0.4) is 0 Å². The van der Waals surface area contributed by atoms with Crippen LogP contribution in [0.25, 0.3) is 0 Å². The van der Waals surface area contributed by atoms with Gasteiger partial charge < -0.3 is 20.3 Å². The van der Waals surface area contributed by atoms with Crippen molar-refractivity contribution in [3.8, 4) is 0 Å². The van der Waals surface area contributed by atoms with Crippen molar-refractivity contribution in [1.29, 1.82) is 0 Å². The smallest absolute Gasteiger partial charge is 0.410 e. The van der Waals surface area contributed by atoms with Crippen LogP contribution in [0.2, 0.25) is 0 Å². The van der Waals surface area contributed by atoms with E-state index in [2.05, 4.69) is 9.88 Å². The van der Waals surface area contributed by atoms with Gasteiger partial charge in [-0.05, 0) is 32.9 Å². The number of hydrogen-bond acceptors (Lipinski definition) is 5. The Hall–Kier alpha value is -2.02.